The molecule has 0 fully saturated rings. The minimum Gasteiger partial charge on any atom is -0.423 e. The van der Waals surface area contributed by atoms with Gasteiger partial charge in [-0.05, 0) is 38.1 Å². The number of aryl methyl sites for hydroxylation is 2. The van der Waals surface area contributed by atoms with Crippen LogP contribution in [-0.2, 0) is 0 Å². The van der Waals surface area contributed by atoms with E-state index in [1.165, 1.54) is 0 Å². The predicted octanol–water partition coefficient (Wildman–Crippen LogP) is 8.80. The van der Waals surface area contributed by atoms with E-state index >= 15 is 0 Å². The fraction of sp³-hybridized carbons (Fsp3) is 0.357. The smallest absolute Gasteiger partial charge is 0.339 e. The average Bonchev–Trinajstić information content (AvgIpc) is 2.73. The van der Waals surface area contributed by atoms with Crippen molar-refractivity contribution in [3.63, 3.8) is 0 Å². The number of rotatable bonds is 0. The number of benzene rings is 2. The Balaban J connectivity index is -0.000000191. The molecule has 4 rings (SSSR count). The molecule has 2 heterocycles. The molecule has 0 amide bonds. The van der Waals surface area contributed by atoms with Gasteiger partial charge in [-0.2, -0.15) is 0 Å². The lowest BCUT2D eigenvalue weighted by atomic mass is 10.2. The van der Waals surface area contributed by atoms with Crippen molar-refractivity contribution in [2.24, 2.45) is 0 Å². The topological polar surface area (TPSA) is 60.4 Å². The fourth-order valence-electron chi connectivity index (χ4n) is 2.33. The van der Waals surface area contributed by atoms with E-state index in [4.69, 9.17) is 8.83 Å². The first-order valence-corrected chi connectivity index (χ1v) is 9.53. The van der Waals surface area contributed by atoms with Gasteiger partial charge in [-0.1, -0.05) is 93.8 Å². The van der Waals surface area contributed by atoms with Crippen molar-refractivity contribution < 1.29 is 8.83 Å². The van der Waals surface area contributed by atoms with E-state index in [2.05, 4.69) is 0 Å². The van der Waals surface area contributed by atoms with Crippen LogP contribution >= 0.6 is 0 Å². The molecule has 0 unspecified atom stereocenters. The lowest BCUT2D eigenvalue weighted by Gasteiger charge is -1.95. The van der Waals surface area contributed by atoms with Crippen LogP contribution in [0.5, 0.6) is 0 Å². The highest BCUT2D eigenvalue weighted by Crippen LogP contribution is 2.12. The van der Waals surface area contributed by atoms with Gasteiger partial charge in [-0.3, -0.25) is 0 Å². The van der Waals surface area contributed by atoms with Gasteiger partial charge in [-0.15, -0.1) is 0 Å². The van der Waals surface area contributed by atoms with Gasteiger partial charge < -0.3 is 8.83 Å². The van der Waals surface area contributed by atoms with E-state index in [0.29, 0.717) is 22.3 Å². The van der Waals surface area contributed by atoms with E-state index in [0.717, 1.165) is 10.8 Å². The monoisotopic (exact) mass is 444 g/mol. The summed E-state index contributed by atoms with van der Waals surface area (Å²) in [5.74, 6) is 0. The highest BCUT2D eigenvalue weighted by molar-refractivity contribution is 5.77. The highest BCUT2D eigenvalue weighted by atomic mass is 16.4. The largest absolute Gasteiger partial charge is 0.423 e. The highest BCUT2D eigenvalue weighted by Gasteiger charge is 1.99. The Morgan fingerprint density at radius 1 is 0.531 bits per heavy atom. The third-order valence-corrected chi connectivity index (χ3v) is 3.63. The Kier molecular flexibility index (Phi) is 21.1. The van der Waals surface area contributed by atoms with Crippen molar-refractivity contribution in [1.82, 2.24) is 0 Å². The minimum atomic E-state index is -0.256. The third-order valence-electron chi connectivity index (χ3n) is 3.63. The second-order valence-electron chi connectivity index (χ2n) is 5.51. The summed E-state index contributed by atoms with van der Waals surface area (Å²) >= 11 is 0. The van der Waals surface area contributed by atoms with Crippen LogP contribution in [0.15, 0.2) is 79.1 Å². The lowest BCUT2D eigenvalue weighted by Crippen LogP contribution is -2.01. The molecule has 0 aliphatic heterocycles. The molecule has 2 aromatic heterocycles. The van der Waals surface area contributed by atoms with E-state index in [9.17, 15) is 9.59 Å². The quantitative estimate of drug-likeness (QED) is 0.254. The summed E-state index contributed by atoms with van der Waals surface area (Å²) in [6, 6.07) is 18.6. The van der Waals surface area contributed by atoms with Crippen LogP contribution in [0.4, 0.5) is 0 Å². The van der Waals surface area contributed by atoms with Crippen molar-refractivity contribution in [3.8, 4) is 0 Å². The fourth-order valence-corrected chi connectivity index (χ4v) is 2.33. The van der Waals surface area contributed by atoms with Crippen molar-refractivity contribution in [2.75, 3.05) is 0 Å². The zero-order valence-electron chi connectivity index (χ0n) is 17.4. The van der Waals surface area contributed by atoms with Crippen LogP contribution in [0.25, 0.3) is 21.9 Å². The van der Waals surface area contributed by atoms with Crippen LogP contribution < -0.4 is 11.3 Å². The molecule has 0 atom stereocenters. The maximum Gasteiger partial charge on any atom is 0.339 e. The molecule has 0 saturated heterocycles. The van der Waals surface area contributed by atoms with E-state index in [1.807, 2.05) is 76.2 Å². The minimum absolute atomic E-state index is 0. The summed E-state index contributed by atoms with van der Waals surface area (Å²) in [6.07, 6.45) is 0. The Bertz CT molecular complexity index is 1030. The van der Waals surface area contributed by atoms with Crippen molar-refractivity contribution in [3.05, 3.63) is 92.6 Å². The first kappa shape index (κ1) is 36.2. The van der Waals surface area contributed by atoms with Gasteiger partial charge in [0.2, 0.25) is 0 Å². The molecule has 0 radical (unpaired) electrons. The van der Waals surface area contributed by atoms with Crippen molar-refractivity contribution in [2.45, 2.75) is 71.2 Å². The standard InChI is InChI=1S/2C10H8O2.2C2H6.4CH4/c2*1-7-6-8-4-2-3-5-9(8)12-10(7)11;2*1-2;;;;/h2*2-6H,1H3;2*1-2H3;4*1H4. The second kappa shape index (κ2) is 18.6. The predicted molar refractivity (Wildman–Crippen MR) is 144 cm³/mol. The van der Waals surface area contributed by atoms with Crippen LogP contribution in [0.3, 0.4) is 0 Å². The molecule has 0 aliphatic rings. The SMILES string of the molecule is C.C.C.C.CC.CC.Cc1cc2ccccc2oc1=O.Cc1cc2ccccc2oc1=O. The van der Waals surface area contributed by atoms with Crippen LogP contribution in [0.1, 0.15) is 68.5 Å². The Labute approximate surface area is 194 Å². The molecule has 0 saturated carbocycles. The zero-order chi connectivity index (χ0) is 21.1. The van der Waals surface area contributed by atoms with Gasteiger partial charge in [0, 0.05) is 21.9 Å². The third kappa shape index (κ3) is 9.78. The van der Waals surface area contributed by atoms with Crippen molar-refractivity contribution >= 4 is 21.9 Å². The van der Waals surface area contributed by atoms with Crippen LogP contribution in [-0.4, -0.2) is 0 Å². The molecular formula is C28H44O4. The second-order valence-corrected chi connectivity index (χ2v) is 5.51. The van der Waals surface area contributed by atoms with Gasteiger partial charge in [0.05, 0.1) is 0 Å². The lowest BCUT2D eigenvalue weighted by molar-refractivity contribution is 0.555. The summed E-state index contributed by atoms with van der Waals surface area (Å²) in [7, 11) is 0. The Morgan fingerprint density at radius 3 is 1.12 bits per heavy atom. The molecule has 32 heavy (non-hydrogen) atoms. The summed E-state index contributed by atoms with van der Waals surface area (Å²) in [6.45, 7) is 11.5. The molecule has 0 N–H and O–H groups in total. The van der Waals surface area contributed by atoms with Gasteiger partial charge in [0.25, 0.3) is 0 Å². The molecule has 4 aromatic rings. The van der Waals surface area contributed by atoms with Gasteiger partial charge >= 0.3 is 11.3 Å². The molecule has 0 spiro atoms. The molecular weight excluding hydrogens is 400 g/mol. The zero-order valence-corrected chi connectivity index (χ0v) is 17.4. The normalized spacial score (nSPS) is 8.19. The molecule has 180 valence electrons. The summed E-state index contributed by atoms with van der Waals surface area (Å²) in [5, 5.41) is 1.93. The molecule has 2 aromatic carbocycles. The number of hydrogen-bond acceptors (Lipinski definition) is 4. The van der Waals surface area contributed by atoms with E-state index in [-0.39, 0.29) is 41.0 Å². The maximum atomic E-state index is 11.1. The van der Waals surface area contributed by atoms with Gasteiger partial charge in [0.15, 0.2) is 0 Å². The average molecular weight is 445 g/mol. The van der Waals surface area contributed by atoms with E-state index in [1.54, 1.807) is 26.0 Å². The van der Waals surface area contributed by atoms with Gasteiger partial charge in [0.1, 0.15) is 11.2 Å². The Morgan fingerprint density at radius 2 is 0.812 bits per heavy atom. The molecule has 4 nitrogen and oxygen atoms in total. The molecule has 0 bridgehead atoms. The van der Waals surface area contributed by atoms with Crippen LogP contribution in [0.2, 0.25) is 0 Å². The maximum absolute atomic E-state index is 11.1. The summed E-state index contributed by atoms with van der Waals surface area (Å²) in [5.41, 5.74) is 2.08. The van der Waals surface area contributed by atoms with Crippen molar-refractivity contribution in [1.29, 1.82) is 0 Å². The first-order chi connectivity index (χ1) is 13.5. The number of hydrogen-bond donors (Lipinski definition) is 0. The molecule has 0 aliphatic carbocycles. The number of fused-ring (bicyclic) bond motifs is 2. The first-order valence-electron chi connectivity index (χ1n) is 9.53. The summed E-state index contributed by atoms with van der Waals surface area (Å²) < 4.78 is 10.1. The summed E-state index contributed by atoms with van der Waals surface area (Å²) in [4.78, 5) is 22.1. The Hall–Kier alpha value is -3.14. The van der Waals surface area contributed by atoms with E-state index < -0.39 is 0 Å². The van der Waals surface area contributed by atoms with Crippen LogP contribution in [0, 0.1) is 13.8 Å². The number of para-hydroxylation sites is 2. The van der Waals surface area contributed by atoms with Gasteiger partial charge in [-0.25, -0.2) is 9.59 Å². The molecule has 4 heteroatoms.